The summed E-state index contributed by atoms with van der Waals surface area (Å²) in [6, 6.07) is 0. The van der Waals surface area contributed by atoms with Crippen molar-refractivity contribution >= 4 is 5.96 Å². The summed E-state index contributed by atoms with van der Waals surface area (Å²) < 4.78 is 5.28. The lowest BCUT2D eigenvalue weighted by molar-refractivity contribution is 0.318. The Morgan fingerprint density at radius 1 is 1.33 bits per heavy atom. The molecule has 120 valence electrons. The molecule has 0 aliphatic carbocycles. The fraction of sp³-hybridized carbons (Fsp3) is 0.800. The summed E-state index contributed by atoms with van der Waals surface area (Å²) in [5, 5.41) is 7.29. The van der Waals surface area contributed by atoms with Crippen molar-refractivity contribution in [3.05, 3.63) is 11.7 Å². The molecule has 0 amide bonds. The van der Waals surface area contributed by atoms with E-state index in [1.807, 2.05) is 7.05 Å². The molecule has 6 nitrogen and oxygen atoms in total. The van der Waals surface area contributed by atoms with Gasteiger partial charge in [-0.3, -0.25) is 0 Å². The fourth-order valence-corrected chi connectivity index (χ4v) is 1.74. The van der Waals surface area contributed by atoms with Crippen molar-refractivity contribution in [1.82, 2.24) is 20.4 Å². The van der Waals surface area contributed by atoms with Crippen LogP contribution in [0.5, 0.6) is 0 Å². The zero-order valence-corrected chi connectivity index (χ0v) is 14.2. The number of nitrogens with one attached hydrogen (secondary N) is 1. The summed E-state index contributed by atoms with van der Waals surface area (Å²) in [6.07, 6.45) is 2.32. The number of hydrogen-bond acceptors (Lipinski definition) is 4. The van der Waals surface area contributed by atoms with Crippen LogP contribution in [0.1, 0.15) is 59.2 Å². The Hall–Kier alpha value is -1.59. The Labute approximate surface area is 128 Å². The topological polar surface area (TPSA) is 66.5 Å². The van der Waals surface area contributed by atoms with Gasteiger partial charge in [0.25, 0.3) is 0 Å². The maximum atomic E-state index is 5.28. The first-order valence-electron chi connectivity index (χ1n) is 7.71. The van der Waals surface area contributed by atoms with Gasteiger partial charge >= 0.3 is 0 Å². The maximum absolute atomic E-state index is 5.28. The quantitative estimate of drug-likeness (QED) is 0.645. The summed E-state index contributed by atoms with van der Waals surface area (Å²) in [5.41, 5.74) is -0.128. The van der Waals surface area contributed by atoms with Crippen LogP contribution in [0.4, 0.5) is 0 Å². The van der Waals surface area contributed by atoms with Gasteiger partial charge in [-0.25, -0.2) is 4.99 Å². The lowest BCUT2D eigenvalue weighted by Crippen LogP contribution is -2.39. The SMILES string of the molecule is CCCCN(C)C(=NCc1noc(C(C)(C)C)n1)NCC. The summed E-state index contributed by atoms with van der Waals surface area (Å²) in [6.45, 7) is 12.7. The van der Waals surface area contributed by atoms with Crippen LogP contribution >= 0.6 is 0 Å². The number of hydrogen-bond donors (Lipinski definition) is 1. The van der Waals surface area contributed by atoms with Gasteiger partial charge in [-0.2, -0.15) is 4.98 Å². The molecule has 0 aliphatic rings. The molecular formula is C15H29N5O. The molecule has 0 atom stereocenters. The van der Waals surface area contributed by atoms with Crippen LogP contribution in [0.15, 0.2) is 9.52 Å². The van der Waals surface area contributed by atoms with Crippen LogP contribution < -0.4 is 5.32 Å². The molecule has 0 fully saturated rings. The van der Waals surface area contributed by atoms with E-state index in [1.54, 1.807) is 0 Å². The Balaban J connectivity index is 2.71. The number of nitrogens with zero attached hydrogens (tertiary/aromatic N) is 4. The first-order valence-corrected chi connectivity index (χ1v) is 7.71. The third-order valence-corrected chi connectivity index (χ3v) is 3.02. The molecule has 1 rings (SSSR count). The van der Waals surface area contributed by atoms with Gasteiger partial charge in [-0.15, -0.1) is 0 Å². The number of aromatic nitrogens is 2. The molecule has 0 aliphatic heterocycles. The van der Waals surface area contributed by atoms with Crippen molar-refractivity contribution in [2.75, 3.05) is 20.1 Å². The highest BCUT2D eigenvalue weighted by Crippen LogP contribution is 2.19. The second-order valence-corrected chi connectivity index (χ2v) is 6.21. The molecule has 0 bridgehead atoms. The van der Waals surface area contributed by atoms with Crippen molar-refractivity contribution in [1.29, 1.82) is 0 Å². The average molecular weight is 295 g/mol. The Bertz CT molecular complexity index is 447. The largest absolute Gasteiger partial charge is 0.357 e. The molecule has 21 heavy (non-hydrogen) atoms. The van der Waals surface area contributed by atoms with Crippen LogP contribution in [0.2, 0.25) is 0 Å². The van der Waals surface area contributed by atoms with Gasteiger partial charge in [0.05, 0.1) is 0 Å². The number of aliphatic imine (C=N–C) groups is 1. The third kappa shape index (κ3) is 5.73. The summed E-state index contributed by atoms with van der Waals surface area (Å²) in [7, 11) is 2.05. The highest BCUT2D eigenvalue weighted by Gasteiger charge is 2.21. The Morgan fingerprint density at radius 2 is 2.05 bits per heavy atom. The van der Waals surface area contributed by atoms with E-state index in [1.165, 1.54) is 6.42 Å². The molecule has 6 heteroatoms. The molecular weight excluding hydrogens is 266 g/mol. The predicted molar refractivity (Wildman–Crippen MR) is 85.4 cm³/mol. The monoisotopic (exact) mass is 295 g/mol. The minimum Gasteiger partial charge on any atom is -0.357 e. The van der Waals surface area contributed by atoms with E-state index in [0.29, 0.717) is 18.3 Å². The fourth-order valence-electron chi connectivity index (χ4n) is 1.74. The van der Waals surface area contributed by atoms with Crippen LogP contribution in [-0.4, -0.2) is 41.1 Å². The molecule has 1 aromatic rings. The zero-order valence-electron chi connectivity index (χ0n) is 14.2. The second-order valence-electron chi connectivity index (χ2n) is 6.21. The van der Waals surface area contributed by atoms with Gasteiger partial charge in [-0.1, -0.05) is 39.3 Å². The highest BCUT2D eigenvalue weighted by molar-refractivity contribution is 5.79. The van der Waals surface area contributed by atoms with Crippen molar-refractivity contribution in [3.63, 3.8) is 0 Å². The normalized spacial score (nSPS) is 12.6. The first kappa shape index (κ1) is 17.5. The van der Waals surface area contributed by atoms with Gasteiger partial charge < -0.3 is 14.7 Å². The number of unbranched alkanes of at least 4 members (excludes halogenated alkanes) is 1. The standard InChI is InChI=1S/C15H29N5O/c1-7-9-10-20(6)14(16-8-2)17-11-12-18-13(21-19-12)15(3,4)5/h7-11H2,1-6H3,(H,16,17). The van der Waals surface area contributed by atoms with E-state index in [9.17, 15) is 0 Å². The van der Waals surface area contributed by atoms with Crippen LogP contribution in [0.3, 0.4) is 0 Å². The first-order chi connectivity index (χ1) is 9.88. The Kier molecular flexibility index (Phi) is 6.65. The summed E-state index contributed by atoms with van der Waals surface area (Å²) >= 11 is 0. The van der Waals surface area contributed by atoms with Gasteiger partial charge in [0.1, 0.15) is 6.54 Å². The molecule has 0 radical (unpaired) electrons. The van der Waals surface area contributed by atoms with E-state index >= 15 is 0 Å². The highest BCUT2D eigenvalue weighted by atomic mass is 16.5. The third-order valence-electron chi connectivity index (χ3n) is 3.02. The van der Waals surface area contributed by atoms with Gasteiger partial charge in [0, 0.05) is 25.6 Å². The van der Waals surface area contributed by atoms with Gasteiger partial charge in [0.15, 0.2) is 11.8 Å². The molecule has 1 N–H and O–H groups in total. The second kappa shape index (κ2) is 8.00. The summed E-state index contributed by atoms with van der Waals surface area (Å²) in [4.78, 5) is 11.1. The molecule has 1 aromatic heterocycles. The van der Waals surface area contributed by atoms with Gasteiger partial charge in [-0.05, 0) is 13.3 Å². The molecule has 0 saturated carbocycles. The van der Waals surface area contributed by atoms with Gasteiger partial charge in [0.2, 0.25) is 5.89 Å². The molecule has 1 heterocycles. The van der Waals surface area contributed by atoms with E-state index in [2.05, 4.69) is 60.0 Å². The minimum absolute atomic E-state index is 0.128. The maximum Gasteiger partial charge on any atom is 0.232 e. The zero-order chi connectivity index (χ0) is 15.9. The van der Waals surface area contributed by atoms with Crippen LogP contribution in [0.25, 0.3) is 0 Å². The average Bonchev–Trinajstić information content (AvgIpc) is 2.89. The molecule has 0 aromatic carbocycles. The molecule has 0 saturated heterocycles. The lowest BCUT2D eigenvalue weighted by atomic mass is 9.97. The van der Waals surface area contributed by atoms with Crippen molar-refractivity contribution in [3.8, 4) is 0 Å². The lowest BCUT2D eigenvalue weighted by Gasteiger charge is -2.21. The molecule has 0 spiro atoms. The number of guanidine groups is 1. The minimum atomic E-state index is -0.128. The summed E-state index contributed by atoms with van der Waals surface area (Å²) in [5.74, 6) is 2.16. The van der Waals surface area contributed by atoms with E-state index in [4.69, 9.17) is 4.52 Å². The predicted octanol–water partition coefficient (Wildman–Crippen LogP) is 2.56. The number of rotatable bonds is 6. The van der Waals surface area contributed by atoms with Crippen molar-refractivity contribution < 1.29 is 4.52 Å². The van der Waals surface area contributed by atoms with Crippen LogP contribution in [-0.2, 0) is 12.0 Å². The van der Waals surface area contributed by atoms with Crippen LogP contribution in [0, 0.1) is 0 Å². The van der Waals surface area contributed by atoms with E-state index in [0.717, 1.165) is 25.5 Å². The van der Waals surface area contributed by atoms with Crippen molar-refractivity contribution in [2.24, 2.45) is 4.99 Å². The Morgan fingerprint density at radius 3 is 2.57 bits per heavy atom. The smallest absolute Gasteiger partial charge is 0.232 e. The molecule has 0 unspecified atom stereocenters. The van der Waals surface area contributed by atoms with E-state index in [-0.39, 0.29) is 5.41 Å². The van der Waals surface area contributed by atoms with E-state index < -0.39 is 0 Å². The van der Waals surface area contributed by atoms with Crippen molar-refractivity contribution in [2.45, 2.75) is 59.4 Å².